The van der Waals surface area contributed by atoms with Crippen molar-refractivity contribution in [2.24, 2.45) is 0 Å². The average molecular weight is 413 g/mol. The minimum atomic E-state index is -0.209. The first kappa shape index (κ1) is 18.7. The smallest absolute Gasteiger partial charge is 0.153 e. The summed E-state index contributed by atoms with van der Waals surface area (Å²) in [5.41, 5.74) is 3.31. The standard InChI is InChI=1S/C26H21ClN2O/c1-18(30-23-14-12-22(27)13-15-23)26-28-24-8-4-5-9-25(24)29(26)17-19-10-11-20-6-2-3-7-21(20)16-19/h2-16,18H,17H2,1H3. The van der Waals surface area contributed by atoms with Crippen LogP contribution in [-0.4, -0.2) is 9.55 Å². The Labute approximate surface area is 180 Å². The lowest BCUT2D eigenvalue weighted by Gasteiger charge is -2.17. The van der Waals surface area contributed by atoms with Gasteiger partial charge in [0.15, 0.2) is 11.9 Å². The van der Waals surface area contributed by atoms with Crippen LogP contribution in [0.5, 0.6) is 5.75 Å². The van der Waals surface area contributed by atoms with Crippen molar-refractivity contribution in [3.63, 3.8) is 0 Å². The van der Waals surface area contributed by atoms with E-state index in [0.29, 0.717) is 5.02 Å². The summed E-state index contributed by atoms with van der Waals surface area (Å²) in [6.07, 6.45) is -0.209. The normalized spacial score (nSPS) is 12.3. The molecule has 0 amide bonds. The molecule has 1 aromatic heterocycles. The first-order valence-electron chi connectivity index (χ1n) is 10.0. The van der Waals surface area contributed by atoms with Crippen molar-refractivity contribution < 1.29 is 4.74 Å². The molecule has 0 aliphatic rings. The predicted molar refractivity (Wildman–Crippen MR) is 123 cm³/mol. The predicted octanol–water partition coefficient (Wildman–Crippen LogP) is 7.03. The van der Waals surface area contributed by atoms with Crippen LogP contribution in [0.25, 0.3) is 21.8 Å². The maximum atomic E-state index is 6.19. The van der Waals surface area contributed by atoms with Crippen LogP contribution in [0.1, 0.15) is 24.4 Å². The van der Waals surface area contributed by atoms with Gasteiger partial charge in [-0.15, -0.1) is 0 Å². The van der Waals surface area contributed by atoms with Gasteiger partial charge in [-0.25, -0.2) is 4.98 Å². The summed E-state index contributed by atoms with van der Waals surface area (Å²) in [6.45, 7) is 2.77. The second-order valence-electron chi connectivity index (χ2n) is 7.44. The van der Waals surface area contributed by atoms with Crippen molar-refractivity contribution in [2.75, 3.05) is 0 Å². The monoisotopic (exact) mass is 412 g/mol. The number of benzene rings is 4. The van der Waals surface area contributed by atoms with Gasteiger partial charge in [0, 0.05) is 11.6 Å². The highest BCUT2D eigenvalue weighted by Crippen LogP contribution is 2.27. The summed E-state index contributed by atoms with van der Waals surface area (Å²) < 4.78 is 8.44. The van der Waals surface area contributed by atoms with Crippen LogP contribution in [0.4, 0.5) is 0 Å². The van der Waals surface area contributed by atoms with Crippen LogP contribution in [0.2, 0.25) is 5.02 Å². The number of hydrogen-bond donors (Lipinski definition) is 0. The Morgan fingerprint density at radius 2 is 1.60 bits per heavy atom. The number of para-hydroxylation sites is 2. The van der Waals surface area contributed by atoms with Crippen LogP contribution < -0.4 is 4.74 Å². The van der Waals surface area contributed by atoms with Crippen LogP contribution in [-0.2, 0) is 6.54 Å². The van der Waals surface area contributed by atoms with Crippen LogP contribution in [0.3, 0.4) is 0 Å². The zero-order valence-corrected chi connectivity index (χ0v) is 17.4. The number of fused-ring (bicyclic) bond motifs is 2. The van der Waals surface area contributed by atoms with E-state index in [1.54, 1.807) is 0 Å². The van der Waals surface area contributed by atoms with E-state index in [0.717, 1.165) is 29.2 Å². The topological polar surface area (TPSA) is 27.1 Å². The molecule has 4 heteroatoms. The van der Waals surface area contributed by atoms with Crippen molar-refractivity contribution in [3.05, 3.63) is 107 Å². The van der Waals surface area contributed by atoms with E-state index in [2.05, 4.69) is 59.2 Å². The zero-order chi connectivity index (χ0) is 20.5. The Morgan fingerprint density at radius 3 is 2.43 bits per heavy atom. The van der Waals surface area contributed by atoms with Gasteiger partial charge in [0.2, 0.25) is 0 Å². The van der Waals surface area contributed by atoms with Gasteiger partial charge in [-0.05, 0) is 65.7 Å². The van der Waals surface area contributed by atoms with Gasteiger partial charge in [-0.2, -0.15) is 0 Å². The minimum Gasteiger partial charge on any atom is -0.483 e. The van der Waals surface area contributed by atoms with Gasteiger partial charge in [0.05, 0.1) is 11.0 Å². The lowest BCUT2D eigenvalue weighted by molar-refractivity contribution is 0.212. The molecule has 3 nitrogen and oxygen atoms in total. The molecule has 1 heterocycles. The van der Waals surface area contributed by atoms with E-state index in [4.69, 9.17) is 21.3 Å². The molecule has 0 N–H and O–H groups in total. The first-order valence-corrected chi connectivity index (χ1v) is 10.4. The fraction of sp³-hybridized carbons (Fsp3) is 0.115. The SMILES string of the molecule is CC(Oc1ccc(Cl)cc1)c1nc2ccccc2n1Cc1ccc2ccccc2c1. The molecule has 148 valence electrons. The highest BCUT2D eigenvalue weighted by molar-refractivity contribution is 6.30. The number of hydrogen-bond acceptors (Lipinski definition) is 2. The second-order valence-corrected chi connectivity index (χ2v) is 7.88. The number of halogens is 1. The van der Waals surface area contributed by atoms with E-state index >= 15 is 0 Å². The molecule has 30 heavy (non-hydrogen) atoms. The van der Waals surface area contributed by atoms with Gasteiger partial charge < -0.3 is 9.30 Å². The first-order chi connectivity index (χ1) is 14.7. The van der Waals surface area contributed by atoms with Crippen molar-refractivity contribution in [2.45, 2.75) is 19.6 Å². The molecule has 0 bridgehead atoms. The number of ether oxygens (including phenoxy) is 1. The van der Waals surface area contributed by atoms with Crippen LogP contribution in [0, 0.1) is 0 Å². The highest BCUT2D eigenvalue weighted by atomic mass is 35.5. The van der Waals surface area contributed by atoms with Crippen molar-refractivity contribution in [1.82, 2.24) is 9.55 Å². The largest absolute Gasteiger partial charge is 0.483 e. The van der Waals surface area contributed by atoms with E-state index in [1.165, 1.54) is 16.3 Å². The number of imidazole rings is 1. The molecule has 1 unspecified atom stereocenters. The minimum absolute atomic E-state index is 0.209. The quantitative estimate of drug-likeness (QED) is 0.310. The summed E-state index contributed by atoms with van der Waals surface area (Å²) in [5, 5.41) is 3.18. The van der Waals surface area contributed by atoms with Crippen molar-refractivity contribution in [3.8, 4) is 5.75 Å². The Hall–Kier alpha value is -3.30. The third kappa shape index (κ3) is 3.64. The lowest BCUT2D eigenvalue weighted by atomic mass is 10.1. The molecule has 0 aliphatic heterocycles. The zero-order valence-electron chi connectivity index (χ0n) is 16.6. The van der Waals surface area contributed by atoms with Crippen molar-refractivity contribution >= 4 is 33.4 Å². The Bertz CT molecular complexity index is 1320. The number of nitrogens with zero attached hydrogens (tertiary/aromatic N) is 2. The Morgan fingerprint density at radius 1 is 0.867 bits per heavy atom. The van der Waals surface area contributed by atoms with E-state index < -0.39 is 0 Å². The molecule has 0 fully saturated rings. The maximum Gasteiger partial charge on any atom is 0.153 e. The summed E-state index contributed by atoms with van der Waals surface area (Å²) in [6, 6.07) is 30.7. The third-order valence-electron chi connectivity index (χ3n) is 5.33. The highest BCUT2D eigenvalue weighted by Gasteiger charge is 2.18. The Balaban J connectivity index is 1.53. The maximum absolute atomic E-state index is 6.19. The number of aromatic nitrogens is 2. The van der Waals surface area contributed by atoms with Gasteiger partial charge in [0.25, 0.3) is 0 Å². The van der Waals surface area contributed by atoms with E-state index in [-0.39, 0.29) is 6.10 Å². The van der Waals surface area contributed by atoms with Gasteiger partial charge in [-0.1, -0.05) is 60.1 Å². The lowest BCUT2D eigenvalue weighted by Crippen LogP contribution is -2.12. The second kappa shape index (κ2) is 7.85. The van der Waals surface area contributed by atoms with E-state index in [1.807, 2.05) is 43.3 Å². The summed E-state index contributed by atoms with van der Waals surface area (Å²) in [7, 11) is 0. The summed E-state index contributed by atoms with van der Waals surface area (Å²) >= 11 is 6.00. The summed E-state index contributed by atoms with van der Waals surface area (Å²) in [4.78, 5) is 4.90. The molecule has 1 atom stereocenters. The molecule has 4 aromatic carbocycles. The van der Waals surface area contributed by atoms with Crippen LogP contribution in [0.15, 0.2) is 91.0 Å². The Kier molecular flexibility index (Phi) is 4.89. The molecular weight excluding hydrogens is 392 g/mol. The molecule has 0 aliphatic carbocycles. The molecule has 0 saturated heterocycles. The van der Waals surface area contributed by atoms with Crippen LogP contribution >= 0.6 is 11.6 Å². The third-order valence-corrected chi connectivity index (χ3v) is 5.58. The fourth-order valence-electron chi connectivity index (χ4n) is 3.86. The fourth-order valence-corrected chi connectivity index (χ4v) is 3.99. The van der Waals surface area contributed by atoms with Gasteiger partial charge >= 0.3 is 0 Å². The molecule has 0 spiro atoms. The molecule has 5 aromatic rings. The molecular formula is C26H21ClN2O. The van der Waals surface area contributed by atoms with Crippen molar-refractivity contribution in [1.29, 1.82) is 0 Å². The van der Waals surface area contributed by atoms with Gasteiger partial charge in [0.1, 0.15) is 5.75 Å². The molecule has 5 rings (SSSR count). The molecule has 0 radical (unpaired) electrons. The average Bonchev–Trinajstić information content (AvgIpc) is 3.14. The number of rotatable bonds is 5. The summed E-state index contributed by atoms with van der Waals surface area (Å²) in [5.74, 6) is 1.68. The van der Waals surface area contributed by atoms with Gasteiger partial charge in [-0.3, -0.25) is 0 Å². The molecule has 0 saturated carbocycles. The van der Waals surface area contributed by atoms with E-state index in [9.17, 15) is 0 Å².